The van der Waals surface area contributed by atoms with E-state index in [1.165, 1.54) is 5.56 Å². The SMILES string of the molecule is C=CCn1c(COc2ccc(C(C)(C)CC(C)(C)C)cc2)n[nH]c1=S. The Bertz CT molecular complexity index is 763. The fourth-order valence-electron chi connectivity index (χ4n) is 3.36. The van der Waals surface area contributed by atoms with Crippen LogP contribution >= 0.6 is 12.2 Å². The number of hydrogen-bond donors (Lipinski definition) is 1. The lowest BCUT2D eigenvalue weighted by Crippen LogP contribution is -2.24. The summed E-state index contributed by atoms with van der Waals surface area (Å²) in [6.45, 7) is 16.2. The van der Waals surface area contributed by atoms with Gasteiger partial charge in [-0.2, -0.15) is 5.10 Å². The van der Waals surface area contributed by atoms with Crippen molar-refractivity contribution in [2.24, 2.45) is 5.41 Å². The molecule has 4 nitrogen and oxygen atoms in total. The monoisotopic (exact) mass is 359 g/mol. The number of nitrogens with zero attached hydrogens (tertiary/aromatic N) is 2. The van der Waals surface area contributed by atoms with Crippen LogP contribution in [0.15, 0.2) is 36.9 Å². The highest BCUT2D eigenvalue weighted by Crippen LogP contribution is 2.36. The number of benzene rings is 1. The molecule has 25 heavy (non-hydrogen) atoms. The minimum Gasteiger partial charge on any atom is -0.486 e. The maximum absolute atomic E-state index is 5.88. The van der Waals surface area contributed by atoms with Gasteiger partial charge < -0.3 is 4.74 Å². The summed E-state index contributed by atoms with van der Waals surface area (Å²) in [4.78, 5) is 0. The van der Waals surface area contributed by atoms with Crippen molar-refractivity contribution < 1.29 is 4.74 Å². The molecule has 136 valence electrons. The van der Waals surface area contributed by atoms with Gasteiger partial charge in [0.1, 0.15) is 12.4 Å². The molecular formula is C20H29N3OS. The number of hydrogen-bond acceptors (Lipinski definition) is 3. The Labute approximate surface area is 155 Å². The molecule has 0 atom stereocenters. The van der Waals surface area contributed by atoms with Crippen LogP contribution in [0.3, 0.4) is 0 Å². The normalized spacial score (nSPS) is 12.2. The minimum atomic E-state index is 0.128. The van der Waals surface area contributed by atoms with Crippen LogP contribution in [0.2, 0.25) is 0 Å². The summed E-state index contributed by atoms with van der Waals surface area (Å²) in [7, 11) is 0. The Morgan fingerprint density at radius 1 is 1.20 bits per heavy atom. The van der Waals surface area contributed by atoms with Crippen LogP contribution < -0.4 is 4.74 Å². The van der Waals surface area contributed by atoms with Crippen LogP contribution in [0, 0.1) is 10.2 Å². The van der Waals surface area contributed by atoms with Gasteiger partial charge >= 0.3 is 0 Å². The predicted molar refractivity (Wildman–Crippen MR) is 105 cm³/mol. The van der Waals surface area contributed by atoms with Crippen molar-refractivity contribution >= 4 is 12.2 Å². The highest BCUT2D eigenvalue weighted by atomic mass is 32.1. The number of nitrogens with one attached hydrogen (secondary N) is 1. The zero-order chi connectivity index (χ0) is 18.7. The quantitative estimate of drug-likeness (QED) is 0.530. The molecule has 0 aliphatic rings. The number of aromatic amines is 1. The van der Waals surface area contributed by atoms with Gasteiger partial charge in [-0.1, -0.05) is 52.8 Å². The first-order valence-electron chi connectivity index (χ1n) is 8.61. The van der Waals surface area contributed by atoms with Gasteiger partial charge in [0.05, 0.1) is 0 Å². The number of rotatable bonds is 7. The molecule has 2 rings (SSSR count). The van der Waals surface area contributed by atoms with Gasteiger partial charge in [0, 0.05) is 6.54 Å². The Hall–Kier alpha value is -1.88. The average Bonchev–Trinajstić information content (AvgIpc) is 2.84. The first-order chi connectivity index (χ1) is 11.6. The predicted octanol–water partition coefficient (Wildman–Crippen LogP) is 5.42. The second kappa shape index (κ2) is 7.56. The van der Waals surface area contributed by atoms with Crippen molar-refractivity contribution in [3.63, 3.8) is 0 Å². The Kier molecular flexibility index (Phi) is 5.88. The lowest BCUT2D eigenvalue weighted by atomic mass is 9.72. The van der Waals surface area contributed by atoms with Crippen molar-refractivity contribution in [3.8, 4) is 5.75 Å². The lowest BCUT2D eigenvalue weighted by molar-refractivity contribution is 0.281. The molecule has 1 heterocycles. The third-order valence-electron chi connectivity index (χ3n) is 4.12. The van der Waals surface area contributed by atoms with E-state index in [4.69, 9.17) is 17.0 Å². The van der Waals surface area contributed by atoms with Crippen molar-refractivity contribution in [2.45, 2.75) is 59.6 Å². The van der Waals surface area contributed by atoms with Gasteiger partial charge in [0.25, 0.3) is 0 Å². The van der Waals surface area contributed by atoms with E-state index in [0.717, 1.165) is 18.0 Å². The summed E-state index contributed by atoms with van der Waals surface area (Å²) in [5.74, 6) is 1.59. The summed E-state index contributed by atoms with van der Waals surface area (Å²) in [6.07, 6.45) is 2.91. The maximum atomic E-state index is 5.88. The molecule has 1 N–H and O–H groups in total. The standard InChI is InChI=1S/C20H29N3OS/c1-7-12-23-17(21-22-18(23)25)13-24-16-10-8-15(9-11-16)20(5,6)14-19(2,3)4/h7-11H,1,12-14H2,2-6H3,(H,22,25). The fourth-order valence-corrected chi connectivity index (χ4v) is 3.58. The van der Waals surface area contributed by atoms with Gasteiger partial charge in [-0.25, -0.2) is 0 Å². The van der Waals surface area contributed by atoms with Gasteiger partial charge in [0.15, 0.2) is 10.6 Å². The van der Waals surface area contributed by atoms with E-state index in [0.29, 0.717) is 23.3 Å². The Morgan fingerprint density at radius 3 is 2.40 bits per heavy atom. The van der Waals surface area contributed by atoms with Gasteiger partial charge in [-0.15, -0.1) is 6.58 Å². The summed E-state index contributed by atoms with van der Waals surface area (Å²) >= 11 is 5.21. The van der Waals surface area contributed by atoms with Crippen molar-refractivity contribution in [2.75, 3.05) is 0 Å². The molecule has 0 bridgehead atoms. The highest BCUT2D eigenvalue weighted by molar-refractivity contribution is 7.71. The summed E-state index contributed by atoms with van der Waals surface area (Å²) in [5.41, 5.74) is 1.74. The smallest absolute Gasteiger partial charge is 0.195 e. The largest absolute Gasteiger partial charge is 0.486 e. The van der Waals surface area contributed by atoms with E-state index in [9.17, 15) is 0 Å². The molecule has 1 aromatic heterocycles. The fraction of sp³-hybridized carbons (Fsp3) is 0.500. The number of allylic oxidation sites excluding steroid dienone is 1. The maximum Gasteiger partial charge on any atom is 0.195 e. The average molecular weight is 360 g/mol. The third-order valence-corrected chi connectivity index (χ3v) is 4.44. The molecule has 0 amide bonds. The first kappa shape index (κ1) is 19.4. The molecule has 1 aromatic carbocycles. The molecule has 0 spiro atoms. The van der Waals surface area contributed by atoms with Crippen LogP contribution in [-0.4, -0.2) is 14.8 Å². The first-order valence-corrected chi connectivity index (χ1v) is 9.01. The minimum absolute atomic E-state index is 0.128. The molecule has 5 heteroatoms. The van der Waals surface area contributed by atoms with Crippen molar-refractivity contribution in [3.05, 3.63) is 53.1 Å². The van der Waals surface area contributed by atoms with E-state index in [-0.39, 0.29) is 5.41 Å². The Morgan fingerprint density at radius 2 is 1.84 bits per heavy atom. The van der Waals surface area contributed by atoms with E-state index >= 15 is 0 Å². The molecule has 0 fully saturated rings. The van der Waals surface area contributed by atoms with Crippen LogP contribution in [0.5, 0.6) is 5.75 Å². The van der Waals surface area contributed by atoms with Gasteiger partial charge in [-0.05, 0) is 47.2 Å². The Balaban J connectivity index is 2.06. The third kappa shape index (κ3) is 5.30. The van der Waals surface area contributed by atoms with Crippen LogP contribution in [-0.2, 0) is 18.6 Å². The van der Waals surface area contributed by atoms with Gasteiger partial charge in [-0.3, -0.25) is 9.67 Å². The molecule has 0 radical (unpaired) electrons. The van der Waals surface area contributed by atoms with E-state index < -0.39 is 0 Å². The number of ether oxygens (including phenoxy) is 1. The molecular weight excluding hydrogens is 330 g/mol. The zero-order valence-corrected chi connectivity index (χ0v) is 16.7. The zero-order valence-electron chi connectivity index (χ0n) is 15.9. The number of H-pyrrole nitrogens is 1. The molecule has 0 aliphatic carbocycles. The summed E-state index contributed by atoms with van der Waals surface area (Å²) < 4.78 is 8.34. The topological polar surface area (TPSA) is 42.8 Å². The van der Waals surface area contributed by atoms with Crippen LogP contribution in [0.4, 0.5) is 0 Å². The van der Waals surface area contributed by atoms with Crippen molar-refractivity contribution in [1.29, 1.82) is 0 Å². The number of aromatic nitrogens is 3. The summed E-state index contributed by atoms with van der Waals surface area (Å²) in [5, 5.41) is 7.02. The summed E-state index contributed by atoms with van der Waals surface area (Å²) in [6, 6.07) is 8.36. The van der Waals surface area contributed by atoms with E-state index in [2.05, 4.69) is 63.5 Å². The van der Waals surface area contributed by atoms with Gasteiger partial charge in [0.2, 0.25) is 0 Å². The van der Waals surface area contributed by atoms with E-state index in [1.807, 2.05) is 16.7 Å². The second-order valence-electron chi connectivity index (χ2n) is 8.28. The molecule has 2 aromatic rings. The second-order valence-corrected chi connectivity index (χ2v) is 8.67. The molecule has 0 unspecified atom stereocenters. The van der Waals surface area contributed by atoms with Crippen molar-refractivity contribution in [1.82, 2.24) is 14.8 Å². The lowest BCUT2D eigenvalue weighted by Gasteiger charge is -2.33. The van der Waals surface area contributed by atoms with Crippen LogP contribution in [0.25, 0.3) is 0 Å². The molecule has 0 aliphatic heterocycles. The van der Waals surface area contributed by atoms with E-state index in [1.54, 1.807) is 6.08 Å². The molecule has 0 saturated heterocycles. The molecule has 0 saturated carbocycles. The van der Waals surface area contributed by atoms with Crippen LogP contribution in [0.1, 0.15) is 52.4 Å². The highest BCUT2D eigenvalue weighted by Gasteiger charge is 2.27.